The SMILES string of the molecule is O=C(c1cccc2c1ncn2CC(F)(F)F)N1CC[C@](O)(c2ccccc2)[C@H]2CCCC[C@H]21. The minimum atomic E-state index is -4.38. The molecule has 1 aliphatic carbocycles. The summed E-state index contributed by atoms with van der Waals surface area (Å²) in [6.45, 7) is -0.773. The van der Waals surface area contributed by atoms with Crippen LogP contribution >= 0.6 is 0 Å². The van der Waals surface area contributed by atoms with E-state index in [4.69, 9.17) is 0 Å². The predicted molar refractivity (Wildman–Crippen MR) is 118 cm³/mol. The van der Waals surface area contributed by atoms with E-state index < -0.39 is 18.3 Å². The van der Waals surface area contributed by atoms with Gasteiger partial charge in [0.1, 0.15) is 12.1 Å². The maximum absolute atomic E-state index is 13.7. The first-order chi connectivity index (χ1) is 15.8. The van der Waals surface area contributed by atoms with Crippen molar-refractivity contribution in [3.05, 3.63) is 66.0 Å². The highest BCUT2D eigenvalue weighted by Gasteiger charge is 2.50. The number of alkyl halides is 3. The number of aromatic nitrogens is 2. The zero-order valence-electron chi connectivity index (χ0n) is 18.1. The lowest BCUT2D eigenvalue weighted by Gasteiger charge is -2.52. The van der Waals surface area contributed by atoms with Crippen LogP contribution in [0.2, 0.25) is 0 Å². The van der Waals surface area contributed by atoms with Gasteiger partial charge in [0.25, 0.3) is 5.91 Å². The number of hydrogen-bond acceptors (Lipinski definition) is 3. The second-order valence-electron chi connectivity index (χ2n) is 9.16. The van der Waals surface area contributed by atoms with E-state index in [1.54, 1.807) is 18.2 Å². The third-order valence-electron chi connectivity index (χ3n) is 7.24. The lowest BCUT2D eigenvalue weighted by molar-refractivity contribution is -0.140. The van der Waals surface area contributed by atoms with Crippen molar-refractivity contribution in [3.8, 4) is 0 Å². The molecule has 0 radical (unpaired) electrons. The Kier molecular flexibility index (Phi) is 5.43. The van der Waals surface area contributed by atoms with Crippen LogP contribution in [0.4, 0.5) is 13.2 Å². The Hall–Kier alpha value is -2.87. The van der Waals surface area contributed by atoms with Gasteiger partial charge < -0.3 is 14.6 Å². The third kappa shape index (κ3) is 3.90. The average molecular weight is 457 g/mol. The molecule has 1 aromatic heterocycles. The number of carbonyl (C=O) groups excluding carboxylic acids is 1. The number of hydrogen-bond donors (Lipinski definition) is 1. The minimum Gasteiger partial charge on any atom is -0.385 e. The van der Waals surface area contributed by atoms with Crippen LogP contribution in [-0.2, 0) is 12.1 Å². The van der Waals surface area contributed by atoms with Gasteiger partial charge in [-0.15, -0.1) is 0 Å². The minimum absolute atomic E-state index is 0.0895. The van der Waals surface area contributed by atoms with Crippen LogP contribution < -0.4 is 0 Å². The Morgan fingerprint density at radius 2 is 1.85 bits per heavy atom. The normalized spacial score (nSPS) is 25.8. The van der Waals surface area contributed by atoms with Crippen molar-refractivity contribution in [3.63, 3.8) is 0 Å². The molecule has 2 aliphatic rings. The fraction of sp³-hybridized carbons (Fsp3) is 0.440. The topological polar surface area (TPSA) is 58.4 Å². The van der Waals surface area contributed by atoms with Crippen molar-refractivity contribution in [2.24, 2.45) is 5.92 Å². The molecular weight excluding hydrogens is 431 g/mol. The van der Waals surface area contributed by atoms with E-state index in [9.17, 15) is 23.1 Å². The van der Waals surface area contributed by atoms with Gasteiger partial charge in [-0.1, -0.05) is 49.2 Å². The van der Waals surface area contributed by atoms with Gasteiger partial charge in [-0.05, 0) is 37.0 Å². The van der Waals surface area contributed by atoms with Crippen molar-refractivity contribution in [2.45, 2.75) is 56.5 Å². The van der Waals surface area contributed by atoms with E-state index in [0.29, 0.717) is 18.5 Å². The molecule has 5 rings (SSSR count). The van der Waals surface area contributed by atoms with E-state index in [2.05, 4.69) is 4.98 Å². The van der Waals surface area contributed by atoms with E-state index >= 15 is 0 Å². The molecule has 1 saturated carbocycles. The molecular formula is C25H26F3N3O2. The van der Waals surface area contributed by atoms with Gasteiger partial charge >= 0.3 is 6.18 Å². The van der Waals surface area contributed by atoms with Crippen LogP contribution in [0.3, 0.4) is 0 Å². The van der Waals surface area contributed by atoms with E-state index in [0.717, 1.165) is 42.1 Å². The average Bonchev–Trinajstić information content (AvgIpc) is 3.21. The second-order valence-corrected chi connectivity index (χ2v) is 9.16. The highest BCUT2D eigenvalue weighted by molar-refractivity contribution is 6.05. The summed E-state index contributed by atoms with van der Waals surface area (Å²) in [6.07, 6.45) is 0.771. The Bertz CT molecular complexity index is 1160. The summed E-state index contributed by atoms with van der Waals surface area (Å²) in [5.74, 6) is -0.321. The Labute approximate surface area is 189 Å². The number of para-hydroxylation sites is 1. The van der Waals surface area contributed by atoms with Crippen LogP contribution in [-0.4, -0.2) is 44.2 Å². The first kappa shape index (κ1) is 21.9. The number of likely N-dealkylation sites (tertiary alicyclic amines) is 1. The van der Waals surface area contributed by atoms with Gasteiger partial charge in [-0.3, -0.25) is 4.79 Å². The van der Waals surface area contributed by atoms with Crippen molar-refractivity contribution < 1.29 is 23.1 Å². The number of amides is 1. The number of carbonyl (C=O) groups is 1. The molecule has 3 aromatic rings. The predicted octanol–water partition coefficient (Wildman–Crippen LogP) is 4.89. The molecule has 5 nitrogen and oxygen atoms in total. The van der Waals surface area contributed by atoms with E-state index in [-0.39, 0.29) is 28.9 Å². The third-order valence-corrected chi connectivity index (χ3v) is 7.24. The fourth-order valence-electron chi connectivity index (χ4n) is 5.76. The van der Waals surface area contributed by atoms with Crippen LogP contribution in [0.25, 0.3) is 11.0 Å². The van der Waals surface area contributed by atoms with Gasteiger partial charge in [-0.25, -0.2) is 4.98 Å². The molecule has 33 heavy (non-hydrogen) atoms. The lowest BCUT2D eigenvalue weighted by atomic mass is 9.66. The number of imidazole rings is 1. The summed E-state index contributed by atoms with van der Waals surface area (Å²) >= 11 is 0. The fourth-order valence-corrected chi connectivity index (χ4v) is 5.76. The van der Waals surface area contributed by atoms with Crippen molar-refractivity contribution in [2.75, 3.05) is 6.54 Å². The molecule has 0 spiro atoms. The monoisotopic (exact) mass is 457 g/mol. The number of halogens is 3. The Balaban J connectivity index is 1.48. The molecule has 3 atom stereocenters. The lowest BCUT2D eigenvalue weighted by Crippen LogP contribution is -2.59. The summed E-state index contributed by atoms with van der Waals surface area (Å²) in [5.41, 5.74) is 0.757. The standard InChI is InChI=1S/C25H26F3N3O2/c26-25(27,28)15-30-16-29-22-18(9-6-12-21(22)30)23(32)31-14-13-24(33,17-7-2-1-3-8-17)19-10-4-5-11-20(19)31/h1-3,6-9,12,16,19-20,33H,4-5,10-11,13-15H2/t19-,20+,24-/m0/s1. The van der Waals surface area contributed by atoms with Crippen LogP contribution in [0, 0.1) is 5.92 Å². The quantitative estimate of drug-likeness (QED) is 0.609. The molecule has 2 heterocycles. The van der Waals surface area contributed by atoms with E-state index in [1.807, 2.05) is 35.2 Å². The van der Waals surface area contributed by atoms with Gasteiger partial charge in [0.15, 0.2) is 0 Å². The zero-order chi connectivity index (χ0) is 23.2. The number of rotatable bonds is 3. The highest BCUT2D eigenvalue weighted by Crippen LogP contribution is 2.47. The molecule has 1 aliphatic heterocycles. The number of aliphatic hydroxyl groups is 1. The summed E-state index contributed by atoms with van der Waals surface area (Å²) in [6, 6.07) is 14.3. The second kappa shape index (κ2) is 8.17. The van der Waals surface area contributed by atoms with Crippen LogP contribution in [0.5, 0.6) is 0 Å². The summed E-state index contributed by atoms with van der Waals surface area (Å²) in [5, 5.41) is 11.7. The number of nitrogens with zero attached hydrogens (tertiary/aromatic N) is 3. The summed E-state index contributed by atoms with van der Waals surface area (Å²) in [4.78, 5) is 19.7. The van der Waals surface area contributed by atoms with Gasteiger partial charge in [-0.2, -0.15) is 13.2 Å². The molecule has 0 unspecified atom stereocenters. The van der Waals surface area contributed by atoms with Crippen LogP contribution in [0.1, 0.15) is 48.0 Å². The maximum atomic E-state index is 13.7. The smallest absolute Gasteiger partial charge is 0.385 e. The Morgan fingerprint density at radius 3 is 2.61 bits per heavy atom. The first-order valence-corrected chi connectivity index (χ1v) is 11.4. The van der Waals surface area contributed by atoms with Crippen LogP contribution in [0.15, 0.2) is 54.9 Å². The maximum Gasteiger partial charge on any atom is 0.406 e. The van der Waals surface area contributed by atoms with Gasteiger partial charge in [0.2, 0.25) is 0 Å². The van der Waals surface area contributed by atoms with Crippen molar-refractivity contribution in [1.29, 1.82) is 0 Å². The van der Waals surface area contributed by atoms with Crippen molar-refractivity contribution >= 4 is 16.9 Å². The molecule has 1 N–H and O–H groups in total. The largest absolute Gasteiger partial charge is 0.406 e. The Morgan fingerprint density at radius 1 is 1.09 bits per heavy atom. The number of benzene rings is 2. The molecule has 1 saturated heterocycles. The molecule has 2 aromatic carbocycles. The van der Waals surface area contributed by atoms with Crippen molar-refractivity contribution in [1.82, 2.24) is 14.5 Å². The highest BCUT2D eigenvalue weighted by atomic mass is 19.4. The summed E-state index contributed by atoms with van der Waals surface area (Å²) in [7, 11) is 0. The molecule has 2 fully saturated rings. The molecule has 0 bridgehead atoms. The first-order valence-electron chi connectivity index (χ1n) is 11.4. The molecule has 174 valence electrons. The van der Waals surface area contributed by atoms with Gasteiger partial charge in [0.05, 0.1) is 23.0 Å². The molecule has 1 amide bonds. The van der Waals surface area contributed by atoms with E-state index in [1.165, 1.54) is 0 Å². The number of fused-ring (bicyclic) bond motifs is 2. The zero-order valence-corrected chi connectivity index (χ0v) is 18.1. The number of piperidine rings is 1. The molecule has 8 heteroatoms. The summed E-state index contributed by atoms with van der Waals surface area (Å²) < 4.78 is 39.9. The van der Waals surface area contributed by atoms with Gasteiger partial charge in [0, 0.05) is 18.5 Å².